The number of halogens is 1. The third kappa shape index (κ3) is 3.63. The van der Waals surface area contributed by atoms with E-state index in [4.69, 9.17) is 0 Å². The molecule has 0 bridgehead atoms. The Morgan fingerprint density at radius 3 is 2.74 bits per heavy atom. The maximum absolute atomic E-state index is 14.1. The van der Waals surface area contributed by atoms with Crippen LogP contribution in [0.1, 0.15) is 24.2 Å². The number of guanidine groups is 1. The van der Waals surface area contributed by atoms with E-state index in [1.165, 1.54) is 6.07 Å². The summed E-state index contributed by atoms with van der Waals surface area (Å²) in [5.41, 5.74) is 1.52. The van der Waals surface area contributed by atoms with Crippen molar-refractivity contribution in [3.63, 3.8) is 0 Å². The first-order valence-corrected chi connectivity index (χ1v) is 9.20. The van der Waals surface area contributed by atoms with E-state index in [-0.39, 0.29) is 11.2 Å². The molecule has 0 radical (unpaired) electrons. The molecule has 140 valence electrons. The molecule has 27 heavy (non-hydrogen) atoms. The molecule has 0 saturated heterocycles. The van der Waals surface area contributed by atoms with Crippen LogP contribution in [0.25, 0.3) is 5.65 Å². The number of rotatable bonds is 6. The minimum Gasteiger partial charge on any atom is -0.356 e. The van der Waals surface area contributed by atoms with Crippen molar-refractivity contribution in [2.75, 3.05) is 20.1 Å². The second kappa shape index (κ2) is 7.34. The highest BCUT2D eigenvalue weighted by atomic mass is 19.1. The zero-order valence-corrected chi connectivity index (χ0v) is 15.3. The van der Waals surface area contributed by atoms with Gasteiger partial charge < -0.3 is 10.6 Å². The Labute approximate surface area is 157 Å². The molecule has 0 unspecified atom stereocenters. The van der Waals surface area contributed by atoms with Crippen molar-refractivity contribution in [2.45, 2.75) is 24.7 Å². The van der Waals surface area contributed by atoms with Crippen molar-refractivity contribution < 1.29 is 4.39 Å². The lowest BCUT2D eigenvalue weighted by Crippen LogP contribution is -2.42. The Kier molecular flexibility index (Phi) is 4.75. The summed E-state index contributed by atoms with van der Waals surface area (Å²) >= 11 is 0. The lowest BCUT2D eigenvalue weighted by molar-refractivity contribution is 0.559. The van der Waals surface area contributed by atoms with E-state index in [9.17, 15) is 4.39 Å². The zero-order valence-electron chi connectivity index (χ0n) is 15.3. The van der Waals surface area contributed by atoms with Crippen molar-refractivity contribution in [1.82, 2.24) is 25.2 Å². The third-order valence-corrected chi connectivity index (χ3v) is 5.14. The number of aromatic nitrogens is 3. The van der Waals surface area contributed by atoms with Crippen LogP contribution in [0, 0.1) is 5.82 Å². The summed E-state index contributed by atoms with van der Waals surface area (Å²) in [6.07, 6.45) is 4.67. The normalized spacial score (nSPS) is 15.7. The fourth-order valence-electron chi connectivity index (χ4n) is 3.41. The second-order valence-corrected chi connectivity index (χ2v) is 6.91. The molecule has 6 nitrogen and oxygen atoms in total. The van der Waals surface area contributed by atoms with Gasteiger partial charge in [0.05, 0.1) is 0 Å². The Balaban J connectivity index is 1.32. The molecule has 1 aliphatic carbocycles. The smallest absolute Gasteiger partial charge is 0.191 e. The van der Waals surface area contributed by atoms with E-state index in [0.717, 1.165) is 36.3 Å². The van der Waals surface area contributed by atoms with Crippen molar-refractivity contribution in [1.29, 1.82) is 0 Å². The van der Waals surface area contributed by atoms with Gasteiger partial charge in [-0.15, -0.1) is 10.2 Å². The van der Waals surface area contributed by atoms with E-state index >= 15 is 0 Å². The van der Waals surface area contributed by atoms with Crippen LogP contribution in [-0.4, -0.2) is 40.7 Å². The van der Waals surface area contributed by atoms with Gasteiger partial charge in [-0.2, -0.15) is 0 Å². The van der Waals surface area contributed by atoms with Crippen molar-refractivity contribution in [3.8, 4) is 0 Å². The molecule has 1 aromatic carbocycles. The first-order valence-electron chi connectivity index (χ1n) is 9.20. The zero-order chi connectivity index (χ0) is 18.7. The van der Waals surface area contributed by atoms with Crippen LogP contribution in [0.2, 0.25) is 0 Å². The first kappa shape index (κ1) is 17.5. The molecule has 2 N–H and O–H groups in total. The van der Waals surface area contributed by atoms with E-state index in [2.05, 4.69) is 25.8 Å². The summed E-state index contributed by atoms with van der Waals surface area (Å²) < 4.78 is 16.1. The van der Waals surface area contributed by atoms with Crippen LogP contribution >= 0.6 is 0 Å². The van der Waals surface area contributed by atoms with E-state index < -0.39 is 0 Å². The summed E-state index contributed by atoms with van der Waals surface area (Å²) in [5, 5.41) is 15.0. The summed E-state index contributed by atoms with van der Waals surface area (Å²) in [4.78, 5) is 4.27. The van der Waals surface area contributed by atoms with Crippen LogP contribution in [-0.2, 0) is 11.8 Å². The first-order chi connectivity index (χ1) is 13.2. The van der Waals surface area contributed by atoms with Gasteiger partial charge >= 0.3 is 0 Å². The van der Waals surface area contributed by atoms with Gasteiger partial charge in [-0.3, -0.25) is 9.39 Å². The molecule has 2 aromatic heterocycles. The molecule has 0 atom stereocenters. The number of nitrogens with one attached hydrogen (secondary N) is 2. The van der Waals surface area contributed by atoms with Gasteiger partial charge in [0.1, 0.15) is 11.6 Å². The predicted octanol–water partition coefficient (Wildman–Crippen LogP) is 2.31. The van der Waals surface area contributed by atoms with Crippen LogP contribution in [0.5, 0.6) is 0 Å². The van der Waals surface area contributed by atoms with Crippen LogP contribution < -0.4 is 10.6 Å². The lowest BCUT2D eigenvalue weighted by Gasteiger charge is -2.19. The van der Waals surface area contributed by atoms with Crippen LogP contribution in [0.15, 0.2) is 53.7 Å². The molecular formula is C20H23FN6. The van der Waals surface area contributed by atoms with Crippen LogP contribution in [0.3, 0.4) is 0 Å². The number of fused-ring (bicyclic) bond motifs is 1. The van der Waals surface area contributed by atoms with Gasteiger partial charge in [-0.1, -0.05) is 24.3 Å². The maximum atomic E-state index is 14.1. The molecule has 0 spiro atoms. The maximum Gasteiger partial charge on any atom is 0.191 e. The predicted molar refractivity (Wildman–Crippen MR) is 103 cm³/mol. The highest BCUT2D eigenvalue weighted by Crippen LogP contribution is 2.48. The summed E-state index contributed by atoms with van der Waals surface area (Å²) in [7, 11) is 1.74. The third-order valence-electron chi connectivity index (χ3n) is 5.14. The number of aliphatic imine (C=N–C) groups is 1. The molecular weight excluding hydrogens is 343 g/mol. The van der Waals surface area contributed by atoms with E-state index in [0.29, 0.717) is 19.0 Å². The average Bonchev–Trinajstić information content (AvgIpc) is 3.38. The number of benzene rings is 1. The molecule has 1 aliphatic rings. The standard InChI is InChI=1S/C20H23FN6/c1-22-19(23-12-9-18-26-25-17-8-4-5-13-27(17)18)24-14-20(10-11-20)15-6-2-3-7-16(15)21/h2-8,13H,9-12,14H2,1H3,(H2,22,23,24). The quantitative estimate of drug-likeness (QED) is 0.519. The van der Waals surface area contributed by atoms with Gasteiger partial charge in [0.25, 0.3) is 0 Å². The van der Waals surface area contributed by atoms with Crippen molar-refractivity contribution >= 4 is 11.6 Å². The van der Waals surface area contributed by atoms with Crippen LogP contribution in [0.4, 0.5) is 4.39 Å². The van der Waals surface area contributed by atoms with Gasteiger partial charge in [-0.25, -0.2) is 4.39 Å². The molecule has 0 aliphatic heterocycles. The summed E-state index contributed by atoms with van der Waals surface area (Å²) in [5.74, 6) is 1.49. The lowest BCUT2D eigenvalue weighted by atomic mass is 9.95. The molecule has 1 fully saturated rings. The summed E-state index contributed by atoms with van der Waals surface area (Å²) in [6, 6.07) is 12.9. The second-order valence-electron chi connectivity index (χ2n) is 6.91. The molecule has 4 rings (SSSR count). The molecule has 3 aromatic rings. The molecule has 1 saturated carbocycles. The topological polar surface area (TPSA) is 66.6 Å². The minimum atomic E-state index is -0.126. The van der Waals surface area contributed by atoms with Gasteiger partial charge in [-0.05, 0) is 36.6 Å². The number of pyridine rings is 1. The number of nitrogens with zero attached hydrogens (tertiary/aromatic N) is 4. The average molecular weight is 366 g/mol. The fraction of sp³-hybridized carbons (Fsp3) is 0.350. The SMILES string of the molecule is CN=C(NCCc1nnc2ccccn12)NCC1(c2ccccc2F)CC1. The van der Waals surface area contributed by atoms with E-state index in [1.54, 1.807) is 13.1 Å². The monoisotopic (exact) mass is 366 g/mol. The highest BCUT2D eigenvalue weighted by molar-refractivity contribution is 5.79. The Hall–Kier alpha value is -2.96. The van der Waals surface area contributed by atoms with Gasteiger partial charge in [0.15, 0.2) is 11.6 Å². The molecule has 7 heteroatoms. The van der Waals surface area contributed by atoms with E-state index in [1.807, 2.05) is 40.9 Å². The Bertz CT molecular complexity index is 960. The van der Waals surface area contributed by atoms with Crippen molar-refractivity contribution in [3.05, 3.63) is 65.9 Å². The fourth-order valence-corrected chi connectivity index (χ4v) is 3.41. The summed E-state index contributed by atoms with van der Waals surface area (Å²) in [6.45, 7) is 1.35. The largest absolute Gasteiger partial charge is 0.356 e. The number of hydrogen-bond acceptors (Lipinski definition) is 3. The molecule has 0 amide bonds. The Morgan fingerprint density at radius 1 is 1.15 bits per heavy atom. The van der Waals surface area contributed by atoms with Crippen molar-refractivity contribution in [2.24, 2.45) is 4.99 Å². The molecule has 2 heterocycles. The number of hydrogen-bond donors (Lipinski definition) is 2. The van der Waals surface area contributed by atoms with Gasteiger partial charge in [0, 0.05) is 38.2 Å². The van der Waals surface area contributed by atoms with Gasteiger partial charge in [0.2, 0.25) is 0 Å². The minimum absolute atomic E-state index is 0.119. The highest BCUT2D eigenvalue weighted by Gasteiger charge is 2.45. The Morgan fingerprint density at radius 2 is 1.96 bits per heavy atom.